The van der Waals surface area contributed by atoms with E-state index >= 15 is 0 Å². The van der Waals surface area contributed by atoms with Crippen molar-refractivity contribution in [3.63, 3.8) is 0 Å². The molecule has 0 aliphatic carbocycles. The molecule has 0 amide bonds. The van der Waals surface area contributed by atoms with Crippen LogP contribution >= 0.6 is 0 Å². The number of aliphatic hydroxyl groups excluding tert-OH is 1. The van der Waals surface area contributed by atoms with Crippen molar-refractivity contribution in [2.24, 2.45) is 11.8 Å². The van der Waals surface area contributed by atoms with Crippen LogP contribution in [0.25, 0.3) is 0 Å². The summed E-state index contributed by atoms with van der Waals surface area (Å²) in [7, 11) is 0. The van der Waals surface area contributed by atoms with Crippen LogP contribution in [0.1, 0.15) is 46.5 Å². The van der Waals surface area contributed by atoms with Gasteiger partial charge in [0.05, 0.1) is 0 Å². The number of hydrogen-bond acceptors (Lipinski definition) is 1. The lowest BCUT2D eigenvalue weighted by Gasteiger charge is -2.18. The molecule has 1 atom stereocenters. The van der Waals surface area contributed by atoms with E-state index in [2.05, 4.69) is 20.8 Å². The van der Waals surface area contributed by atoms with Gasteiger partial charge in [-0.3, -0.25) is 0 Å². The Morgan fingerprint density at radius 2 is 1.36 bits per heavy atom. The Morgan fingerprint density at radius 3 is 1.64 bits per heavy atom. The molecule has 0 aromatic carbocycles. The molecule has 0 saturated heterocycles. The molecule has 1 nitrogen and oxygen atoms in total. The Bertz CT molecular complexity index is 62.9. The summed E-state index contributed by atoms with van der Waals surface area (Å²) in [5.41, 5.74) is 0. The normalized spacial score (nSPS) is 13.9. The second kappa shape index (κ2) is 6.66. The van der Waals surface area contributed by atoms with E-state index in [0.717, 1.165) is 12.3 Å². The molecule has 0 spiro atoms. The van der Waals surface area contributed by atoms with E-state index in [1.54, 1.807) is 0 Å². The van der Waals surface area contributed by atoms with Crippen LogP contribution in [0.2, 0.25) is 0 Å². The molecule has 0 aliphatic rings. The van der Waals surface area contributed by atoms with Crippen molar-refractivity contribution in [1.29, 1.82) is 0 Å². The molecule has 0 saturated carbocycles. The Hall–Kier alpha value is -0.0400. The van der Waals surface area contributed by atoms with Crippen LogP contribution in [0.3, 0.4) is 0 Å². The minimum atomic E-state index is 0.368. The first-order valence-electron chi connectivity index (χ1n) is 4.89. The highest BCUT2D eigenvalue weighted by Crippen LogP contribution is 2.20. The maximum absolute atomic E-state index is 8.97. The fourth-order valence-corrected chi connectivity index (χ4v) is 1.46. The molecule has 0 rings (SSSR count). The van der Waals surface area contributed by atoms with Gasteiger partial charge in [0.15, 0.2) is 0 Å². The van der Waals surface area contributed by atoms with Gasteiger partial charge in [0.2, 0.25) is 0 Å². The topological polar surface area (TPSA) is 20.2 Å². The van der Waals surface area contributed by atoms with Gasteiger partial charge < -0.3 is 5.11 Å². The largest absolute Gasteiger partial charge is 0.396 e. The van der Waals surface area contributed by atoms with Gasteiger partial charge in [0.25, 0.3) is 0 Å². The van der Waals surface area contributed by atoms with Crippen molar-refractivity contribution >= 4 is 0 Å². The Labute approximate surface area is 70.8 Å². The van der Waals surface area contributed by atoms with Crippen molar-refractivity contribution in [2.75, 3.05) is 6.61 Å². The summed E-state index contributed by atoms with van der Waals surface area (Å²) in [5.74, 6) is 1.37. The van der Waals surface area contributed by atoms with E-state index in [4.69, 9.17) is 5.11 Å². The zero-order valence-electron chi connectivity index (χ0n) is 8.14. The summed E-state index contributed by atoms with van der Waals surface area (Å²) in [6.07, 6.45) is 4.84. The maximum Gasteiger partial charge on any atom is 0.0459 e. The van der Waals surface area contributed by atoms with Gasteiger partial charge in [-0.25, -0.2) is 0 Å². The van der Waals surface area contributed by atoms with Crippen molar-refractivity contribution < 1.29 is 5.11 Å². The quantitative estimate of drug-likeness (QED) is 0.630. The van der Waals surface area contributed by atoms with Crippen LogP contribution < -0.4 is 0 Å². The van der Waals surface area contributed by atoms with Crippen LogP contribution in [0.15, 0.2) is 0 Å². The average Bonchev–Trinajstić information content (AvgIpc) is 2.07. The predicted octanol–water partition coefficient (Wildman–Crippen LogP) is 2.83. The van der Waals surface area contributed by atoms with E-state index in [1.807, 2.05) is 0 Å². The predicted molar refractivity (Wildman–Crippen MR) is 49.6 cm³/mol. The van der Waals surface area contributed by atoms with Crippen LogP contribution in [0, 0.1) is 11.8 Å². The summed E-state index contributed by atoms with van der Waals surface area (Å²) in [6.45, 7) is 6.99. The van der Waals surface area contributed by atoms with E-state index in [9.17, 15) is 0 Å². The molecule has 0 aromatic heterocycles. The molecule has 0 heterocycles. The molecule has 1 N–H and O–H groups in total. The first kappa shape index (κ1) is 11.0. The van der Waals surface area contributed by atoms with Crippen molar-refractivity contribution in [1.82, 2.24) is 0 Å². The molecule has 11 heavy (non-hydrogen) atoms. The minimum absolute atomic E-state index is 0.368. The lowest BCUT2D eigenvalue weighted by molar-refractivity contribution is 0.193. The van der Waals surface area contributed by atoms with E-state index in [0.29, 0.717) is 12.5 Å². The molecule has 0 aromatic rings. The average molecular weight is 158 g/mol. The Morgan fingerprint density at radius 1 is 0.909 bits per heavy atom. The third-order valence-electron chi connectivity index (χ3n) is 2.66. The van der Waals surface area contributed by atoms with E-state index in [-0.39, 0.29) is 0 Å². The third kappa shape index (κ3) is 4.41. The highest BCUT2D eigenvalue weighted by molar-refractivity contribution is 4.62. The summed E-state index contributed by atoms with van der Waals surface area (Å²) >= 11 is 0. The van der Waals surface area contributed by atoms with Crippen LogP contribution in [0.5, 0.6) is 0 Å². The number of rotatable bonds is 6. The lowest BCUT2D eigenvalue weighted by Crippen LogP contribution is -2.10. The third-order valence-corrected chi connectivity index (χ3v) is 2.66. The second-order valence-corrected chi connectivity index (χ2v) is 3.38. The van der Waals surface area contributed by atoms with Crippen LogP contribution in [0.4, 0.5) is 0 Å². The standard InChI is InChI=1S/C10H22O/c1-4-9(5-2)7-10(6-3)8-11/h9-11H,4-8H2,1-3H3. The Kier molecular flexibility index (Phi) is 6.63. The molecule has 0 aliphatic heterocycles. The highest BCUT2D eigenvalue weighted by Gasteiger charge is 2.10. The first-order valence-corrected chi connectivity index (χ1v) is 4.89. The van der Waals surface area contributed by atoms with Crippen molar-refractivity contribution in [3.8, 4) is 0 Å². The van der Waals surface area contributed by atoms with Crippen molar-refractivity contribution in [2.45, 2.75) is 46.5 Å². The smallest absolute Gasteiger partial charge is 0.0459 e. The molecule has 68 valence electrons. The monoisotopic (exact) mass is 158 g/mol. The van der Waals surface area contributed by atoms with Gasteiger partial charge in [-0.15, -0.1) is 0 Å². The molecule has 1 unspecified atom stereocenters. The SMILES string of the molecule is CCC(CC)CC(CC)CO. The maximum atomic E-state index is 8.97. The number of hydrogen-bond donors (Lipinski definition) is 1. The van der Waals surface area contributed by atoms with Gasteiger partial charge in [0, 0.05) is 6.61 Å². The number of aliphatic hydroxyl groups is 1. The van der Waals surface area contributed by atoms with Gasteiger partial charge in [-0.2, -0.15) is 0 Å². The zero-order chi connectivity index (χ0) is 8.69. The van der Waals surface area contributed by atoms with E-state index in [1.165, 1.54) is 19.3 Å². The van der Waals surface area contributed by atoms with Crippen LogP contribution in [-0.4, -0.2) is 11.7 Å². The highest BCUT2D eigenvalue weighted by atomic mass is 16.3. The first-order chi connectivity index (χ1) is 5.28. The fraction of sp³-hybridized carbons (Fsp3) is 1.00. The van der Waals surface area contributed by atoms with Gasteiger partial charge in [0.1, 0.15) is 0 Å². The molecule has 1 heteroatoms. The fourth-order valence-electron chi connectivity index (χ4n) is 1.46. The molecular formula is C10H22O. The summed E-state index contributed by atoms with van der Waals surface area (Å²) in [5, 5.41) is 8.97. The summed E-state index contributed by atoms with van der Waals surface area (Å²) in [4.78, 5) is 0. The molecule has 0 radical (unpaired) electrons. The van der Waals surface area contributed by atoms with E-state index < -0.39 is 0 Å². The molecular weight excluding hydrogens is 136 g/mol. The minimum Gasteiger partial charge on any atom is -0.396 e. The summed E-state index contributed by atoms with van der Waals surface area (Å²) in [6, 6.07) is 0. The lowest BCUT2D eigenvalue weighted by atomic mass is 9.90. The zero-order valence-corrected chi connectivity index (χ0v) is 8.14. The van der Waals surface area contributed by atoms with Crippen molar-refractivity contribution in [3.05, 3.63) is 0 Å². The van der Waals surface area contributed by atoms with Gasteiger partial charge in [-0.05, 0) is 18.3 Å². The van der Waals surface area contributed by atoms with Gasteiger partial charge >= 0.3 is 0 Å². The summed E-state index contributed by atoms with van der Waals surface area (Å²) < 4.78 is 0. The molecule has 0 bridgehead atoms. The van der Waals surface area contributed by atoms with Crippen LogP contribution in [-0.2, 0) is 0 Å². The second-order valence-electron chi connectivity index (χ2n) is 3.38. The Balaban J connectivity index is 3.58. The van der Waals surface area contributed by atoms with Gasteiger partial charge in [-0.1, -0.05) is 40.0 Å². The molecule has 0 fully saturated rings.